The van der Waals surface area contributed by atoms with Gasteiger partial charge < -0.3 is 10.1 Å². The number of carbonyl (C=O) groups is 1. The monoisotopic (exact) mass is 259 g/mol. The lowest BCUT2D eigenvalue weighted by Gasteiger charge is -2.05. The van der Waals surface area contributed by atoms with Gasteiger partial charge in [0, 0.05) is 12.4 Å². The van der Waals surface area contributed by atoms with Crippen LogP contribution < -0.4 is 5.32 Å². The Labute approximate surface area is 105 Å². The molecule has 0 atom stereocenters. The lowest BCUT2D eigenvalue weighted by molar-refractivity contribution is -0.120. The molecule has 17 heavy (non-hydrogen) atoms. The van der Waals surface area contributed by atoms with E-state index in [4.69, 9.17) is 16.3 Å². The Morgan fingerprint density at radius 1 is 1.29 bits per heavy atom. The first-order valence-electron chi connectivity index (χ1n) is 5.37. The molecule has 0 aliphatic rings. The number of halogens is 2. The van der Waals surface area contributed by atoms with Crippen molar-refractivity contribution in [2.45, 2.75) is 6.42 Å². The second-order valence-corrected chi connectivity index (χ2v) is 3.83. The average molecular weight is 260 g/mol. The standard InChI is InChI=1S/C12H15ClFNO2/c13-5-7-17-8-6-15-12(16)9-10-1-3-11(14)4-2-10/h1-4H,5-9H2,(H,15,16). The van der Waals surface area contributed by atoms with Crippen LogP contribution in [0.3, 0.4) is 0 Å². The minimum atomic E-state index is -0.302. The van der Waals surface area contributed by atoms with E-state index < -0.39 is 0 Å². The summed E-state index contributed by atoms with van der Waals surface area (Å²) in [6.07, 6.45) is 0.246. The number of hydrogen-bond donors (Lipinski definition) is 1. The Kier molecular flexibility index (Phi) is 6.58. The van der Waals surface area contributed by atoms with Gasteiger partial charge in [-0.25, -0.2) is 4.39 Å². The Bertz CT molecular complexity index is 343. The van der Waals surface area contributed by atoms with Gasteiger partial charge in [-0.1, -0.05) is 12.1 Å². The summed E-state index contributed by atoms with van der Waals surface area (Å²) in [6.45, 7) is 1.38. The first-order chi connectivity index (χ1) is 8.22. The molecule has 0 heterocycles. The number of hydrogen-bond acceptors (Lipinski definition) is 2. The van der Waals surface area contributed by atoms with Gasteiger partial charge in [0.05, 0.1) is 19.6 Å². The highest BCUT2D eigenvalue weighted by atomic mass is 35.5. The third-order valence-electron chi connectivity index (χ3n) is 2.07. The third-order valence-corrected chi connectivity index (χ3v) is 2.22. The fourth-order valence-corrected chi connectivity index (χ4v) is 1.38. The summed E-state index contributed by atoms with van der Waals surface area (Å²) in [5.74, 6) is 0.0403. The fraction of sp³-hybridized carbons (Fsp3) is 0.417. The Morgan fingerprint density at radius 2 is 2.00 bits per heavy atom. The van der Waals surface area contributed by atoms with Gasteiger partial charge in [-0.05, 0) is 17.7 Å². The number of carbonyl (C=O) groups excluding carboxylic acids is 1. The lowest BCUT2D eigenvalue weighted by Crippen LogP contribution is -2.28. The molecule has 0 fully saturated rings. The van der Waals surface area contributed by atoms with Crippen molar-refractivity contribution in [2.24, 2.45) is 0 Å². The predicted octanol–water partition coefficient (Wildman–Crippen LogP) is 1.74. The molecule has 0 unspecified atom stereocenters. The minimum Gasteiger partial charge on any atom is -0.378 e. The van der Waals surface area contributed by atoms with Gasteiger partial charge in [-0.3, -0.25) is 4.79 Å². The van der Waals surface area contributed by atoms with Crippen LogP contribution >= 0.6 is 11.6 Å². The molecule has 0 aromatic heterocycles. The van der Waals surface area contributed by atoms with Crippen LogP contribution in [0.15, 0.2) is 24.3 Å². The molecular formula is C12H15ClFNO2. The zero-order valence-electron chi connectivity index (χ0n) is 9.42. The van der Waals surface area contributed by atoms with Crippen LogP contribution in [0, 0.1) is 5.82 Å². The SMILES string of the molecule is O=C(Cc1ccc(F)cc1)NCCOCCCl. The first-order valence-corrected chi connectivity index (χ1v) is 5.90. The molecule has 0 spiro atoms. The van der Waals surface area contributed by atoms with Crippen molar-refractivity contribution in [3.8, 4) is 0 Å². The Hall–Kier alpha value is -1.13. The Balaban J connectivity index is 2.18. The molecule has 0 radical (unpaired) electrons. The molecule has 1 rings (SSSR count). The van der Waals surface area contributed by atoms with Crippen LogP contribution in [0.2, 0.25) is 0 Å². The van der Waals surface area contributed by atoms with Crippen LogP contribution in [-0.4, -0.2) is 31.5 Å². The maximum absolute atomic E-state index is 12.6. The first kappa shape index (κ1) is 13.9. The second kappa shape index (κ2) is 8.03. The van der Waals surface area contributed by atoms with E-state index in [1.54, 1.807) is 12.1 Å². The summed E-state index contributed by atoms with van der Waals surface area (Å²) < 4.78 is 17.7. The van der Waals surface area contributed by atoms with Crippen molar-refractivity contribution >= 4 is 17.5 Å². The van der Waals surface area contributed by atoms with E-state index in [9.17, 15) is 9.18 Å². The summed E-state index contributed by atoms with van der Waals surface area (Å²) in [7, 11) is 0. The quantitative estimate of drug-likeness (QED) is 0.598. The van der Waals surface area contributed by atoms with Gasteiger partial charge in [0.1, 0.15) is 5.82 Å². The molecule has 0 aliphatic heterocycles. The van der Waals surface area contributed by atoms with Gasteiger partial charge in [-0.2, -0.15) is 0 Å². The third kappa shape index (κ3) is 6.24. The van der Waals surface area contributed by atoms with Crippen molar-refractivity contribution in [2.75, 3.05) is 25.6 Å². The number of benzene rings is 1. The largest absolute Gasteiger partial charge is 0.378 e. The number of amides is 1. The Morgan fingerprint density at radius 3 is 2.65 bits per heavy atom. The van der Waals surface area contributed by atoms with Crippen LogP contribution in [0.1, 0.15) is 5.56 Å². The van der Waals surface area contributed by atoms with Crippen LogP contribution in [0.5, 0.6) is 0 Å². The molecule has 94 valence electrons. The van der Waals surface area contributed by atoms with Crippen molar-refractivity contribution in [3.05, 3.63) is 35.6 Å². The topological polar surface area (TPSA) is 38.3 Å². The van der Waals surface area contributed by atoms with Crippen molar-refractivity contribution in [1.29, 1.82) is 0 Å². The molecule has 0 saturated carbocycles. The smallest absolute Gasteiger partial charge is 0.224 e. The molecule has 1 aromatic carbocycles. The van der Waals surface area contributed by atoms with E-state index in [0.717, 1.165) is 5.56 Å². The summed E-state index contributed by atoms with van der Waals surface area (Å²) in [4.78, 5) is 11.4. The number of ether oxygens (including phenoxy) is 1. The number of rotatable bonds is 7. The molecule has 1 aromatic rings. The molecule has 1 N–H and O–H groups in total. The number of alkyl halides is 1. The molecule has 0 aliphatic carbocycles. The summed E-state index contributed by atoms with van der Waals surface area (Å²) in [5.41, 5.74) is 0.783. The summed E-state index contributed by atoms with van der Waals surface area (Å²) in [5, 5.41) is 2.70. The van der Waals surface area contributed by atoms with Crippen LogP contribution in [-0.2, 0) is 16.0 Å². The maximum Gasteiger partial charge on any atom is 0.224 e. The molecule has 5 heteroatoms. The number of nitrogens with one attached hydrogen (secondary N) is 1. The van der Waals surface area contributed by atoms with E-state index in [1.165, 1.54) is 12.1 Å². The summed E-state index contributed by atoms with van der Waals surface area (Å²) in [6, 6.07) is 5.87. The summed E-state index contributed by atoms with van der Waals surface area (Å²) >= 11 is 5.42. The maximum atomic E-state index is 12.6. The van der Waals surface area contributed by atoms with E-state index in [0.29, 0.717) is 25.6 Å². The van der Waals surface area contributed by atoms with E-state index in [1.807, 2.05) is 0 Å². The van der Waals surface area contributed by atoms with E-state index in [2.05, 4.69) is 5.32 Å². The molecule has 0 saturated heterocycles. The van der Waals surface area contributed by atoms with Crippen molar-refractivity contribution < 1.29 is 13.9 Å². The highest BCUT2D eigenvalue weighted by Gasteiger charge is 2.02. The average Bonchev–Trinajstić information content (AvgIpc) is 2.32. The van der Waals surface area contributed by atoms with E-state index in [-0.39, 0.29) is 18.1 Å². The predicted molar refractivity (Wildman–Crippen MR) is 64.7 cm³/mol. The zero-order chi connectivity index (χ0) is 12.5. The van der Waals surface area contributed by atoms with Gasteiger partial charge in [0.2, 0.25) is 5.91 Å². The van der Waals surface area contributed by atoms with E-state index >= 15 is 0 Å². The second-order valence-electron chi connectivity index (χ2n) is 3.45. The van der Waals surface area contributed by atoms with Crippen molar-refractivity contribution in [3.63, 3.8) is 0 Å². The van der Waals surface area contributed by atoms with Gasteiger partial charge in [-0.15, -0.1) is 11.6 Å². The zero-order valence-corrected chi connectivity index (χ0v) is 10.2. The molecule has 3 nitrogen and oxygen atoms in total. The molecule has 1 amide bonds. The lowest BCUT2D eigenvalue weighted by atomic mass is 10.1. The normalized spacial score (nSPS) is 10.2. The molecular weight excluding hydrogens is 245 g/mol. The van der Waals surface area contributed by atoms with Gasteiger partial charge in [0.25, 0.3) is 0 Å². The highest BCUT2D eigenvalue weighted by molar-refractivity contribution is 6.17. The van der Waals surface area contributed by atoms with Crippen LogP contribution in [0.25, 0.3) is 0 Å². The highest BCUT2D eigenvalue weighted by Crippen LogP contribution is 2.03. The fourth-order valence-electron chi connectivity index (χ4n) is 1.27. The van der Waals surface area contributed by atoms with Gasteiger partial charge in [0.15, 0.2) is 0 Å². The van der Waals surface area contributed by atoms with Crippen LogP contribution in [0.4, 0.5) is 4.39 Å². The minimum absolute atomic E-state index is 0.105. The molecule has 0 bridgehead atoms. The van der Waals surface area contributed by atoms with Gasteiger partial charge >= 0.3 is 0 Å². The van der Waals surface area contributed by atoms with Crippen molar-refractivity contribution in [1.82, 2.24) is 5.32 Å².